The van der Waals surface area contributed by atoms with E-state index in [1.54, 1.807) is 37.3 Å². The first kappa shape index (κ1) is 21.5. The summed E-state index contributed by atoms with van der Waals surface area (Å²) in [5, 5.41) is 2.18. The van der Waals surface area contributed by atoms with Crippen LogP contribution in [0.15, 0.2) is 42.0 Å². The van der Waals surface area contributed by atoms with Crippen LogP contribution < -0.4 is 19.9 Å². The number of halogens is 1. The van der Waals surface area contributed by atoms with Crippen molar-refractivity contribution in [2.24, 2.45) is 0 Å². The van der Waals surface area contributed by atoms with Gasteiger partial charge in [0, 0.05) is 13.1 Å². The van der Waals surface area contributed by atoms with E-state index in [1.807, 2.05) is 11.8 Å². The molecule has 2 aliphatic heterocycles. The molecule has 2 aliphatic rings. The first-order chi connectivity index (χ1) is 15.4. The van der Waals surface area contributed by atoms with E-state index in [0.717, 1.165) is 36.4 Å². The predicted molar refractivity (Wildman–Crippen MR) is 119 cm³/mol. The van der Waals surface area contributed by atoms with Crippen LogP contribution in [0.5, 0.6) is 5.75 Å². The molecular weight excluding hydrogens is 413 g/mol. The lowest BCUT2D eigenvalue weighted by Gasteiger charge is -2.26. The minimum atomic E-state index is -0.839. The Bertz CT molecular complexity index is 1100. The lowest BCUT2D eigenvalue weighted by atomic mass is 10.0. The number of imide groups is 2. The van der Waals surface area contributed by atoms with E-state index >= 15 is 0 Å². The van der Waals surface area contributed by atoms with Gasteiger partial charge in [-0.2, -0.15) is 0 Å². The zero-order chi connectivity index (χ0) is 22.8. The Morgan fingerprint density at radius 2 is 1.78 bits per heavy atom. The number of urea groups is 1. The van der Waals surface area contributed by atoms with Gasteiger partial charge >= 0.3 is 6.03 Å². The maximum absolute atomic E-state index is 14.8. The number of ether oxygens (including phenoxy) is 1. The molecule has 1 N–H and O–H groups in total. The van der Waals surface area contributed by atoms with Gasteiger partial charge in [0.1, 0.15) is 17.1 Å². The number of hydrogen-bond acceptors (Lipinski definition) is 5. The van der Waals surface area contributed by atoms with E-state index < -0.39 is 23.7 Å². The Balaban J connectivity index is 1.66. The molecule has 2 aromatic carbocycles. The molecule has 0 aromatic heterocycles. The van der Waals surface area contributed by atoms with Gasteiger partial charge < -0.3 is 9.64 Å². The number of barbiturate groups is 1. The molecule has 0 spiro atoms. The van der Waals surface area contributed by atoms with Gasteiger partial charge in [0.2, 0.25) is 0 Å². The summed E-state index contributed by atoms with van der Waals surface area (Å²) in [7, 11) is 0. The summed E-state index contributed by atoms with van der Waals surface area (Å²) in [6, 6.07) is 8.61. The standard InChI is InChI=1S/C24H24FN3O4/c1-3-32-18-8-6-17(7-9-18)28-23(30)19(22(29)26-24(28)31)13-16-14-20(25)21(12-15(16)2)27-10-4-5-11-27/h6-9,12-14H,3-5,10-11H2,1-2H3,(H,26,29,31). The van der Waals surface area contributed by atoms with E-state index in [1.165, 1.54) is 12.1 Å². The lowest BCUT2D eigenvalue weighted by molar-refractivity contribution is -0.122. The minimum absolute atomic E-state index is 0.241. The number of hydrogen-bond donors (Lipinski definition) is 1. The van der Waals surface area contributed by atoms with Crippen LogP contribution in [-0.2, 0) is 9.59 Å². The maximum Gasteiger partial charge on any atom is 0.335 e. The summed E-state index contributed by atoms with van der Waals surface area (Å²) in [6.45, 7) is 5.73. The fraction of sp³-hybridized carbons (Fsp3) is 0.292. The van der Waals surface area contributed by atoms with Crippen molar-refractivity contribution < 1.29 is 23.5 Å². The number of nitrogens with one attached hydrogen (secondary N) is 1. The number of carbonyl (C=O) groups excluding carboxylic acids is 3. The van der Waals surface area contributed by atoms with Crippen LogP contribution in [-0.4, -0.2) is 37.5 Å². The number of benzene rings is 2. The Morgan fingerprint density at radius 3 is 2.44 bits per heavy atom. The second-order valence-electron chi connectivity index (χ2n) is 7.74. The number of aryl methyl sites for hydroxylation is 1. The molecule has 0 aliphatic carbocycles. The van der Waals surface area contributed by atoms with Crippen LogP contribution in [0.4, 0.5) is 20.6 Å². The number of amides is 4. The molecule has 0 atom stereocenters. The third-order valence-corrected chi connectivity index (χ3v) is 5.59. The van der Waals surface area contributed by atoms with E-state index in [-0.39, 0.29) is 5.57 Å². The molecule has 2 saturated heterocycles. The van der Waals surface area contributed by atoms with Crippen molar-refractivity contribution in [3.8, 4) is 5.75 Å². The monoisotopic (exact) mass is 437 g/mol. The van der Waals surface area contributed by atoms with E-state index in [9.17, 15) is 18.8 Å². The van der Waals surface area contributed by atoms with E-state index in [0.29, 0.717) is 29.3 Å². The van der Waals surface area contributed by atoms with Crippen LogP contribution in [0.2, 0.25) is 0 Å². The maximum atomic E-state index is 14.8. The second kappa shape index (κ2) is 8.82. The van der Waals surface area contributed by atoms with Gasteiger partial charge in [0.05, 0.1) is 18.0 Å². The molecule has 4 rings (SSSR count). The van der Waals surface area contributed by atoms with Crippen molar-refractivity contribution in [1.29, 1.82) is 0 Å². The van der Waals surface area contributed by atoms with Crippen molar-refractivity contribution in [2.75, 3.05) is 29.5 Å². The molecule has 2 fully saturated rings. The molecule has 8 heteroatoms. The van der Waals surface area contributed by atoms with Gasteiger partial charge in [0.15, 0.2) is 0 Å². The Morgan fingerprint density at radius 1 is 1.09 bits per heavy atom. The van der Waals surface area contributed by atoms with Crippen LogP contribution in [0.3, 0.4) is 0 Å². The number of rotatable bonds is 5. The highest BCUT2D eigenvalue weighted by Gasteiger charge is 2.37. The van der Waals surface area contributed by atoms with Crippen molar-refractivity contribution in [1.82, 2.24) is 5.32 Å². The predicted octanol–water partition coefficient (Wildman–Crippen LogP) is 3.80. The molecule has 0 saturated carbocycles. The molecule has 2 aromatic rings. The molecule has 7 nitrogen and oxygen atoms in total. The topological polar surface area (TPSA) is 79.0 Å². The summed E-state index contributed by atoms with van der Waals surface area (Å²) in [5.41, 5.74) is 1.71. The van der Waals surface area contributed by atoms with Crippen molar-refractivity contribution >= 4 is 35.3 Å². The highest BCUT2D eigenvalue weighted by molar-refractivity contribution is 6.39. The Hall–Kier alpha value is -3.68. The molecule has 2 heterocycles. The summed E-state index contributed by atoms with van der Waals surface area (Å²) in [4.78, 5) is 40.8. The summed E-state index contributed by atoms with van der Waals surface area (Å²) in [5.74, 6) is -1.40. The van der Waals surface area contributed by atoms with Gasteiger partial charge in [-0.3, -0.25) is 14.9 Å². The van der Waals surface area contributed by atoms with Gasteiger partial charge in [0.25, 0.3) is 11.8 Å². The minimum Gasteiger partial charge on any atom is -0.494 e. The fourth-order valence-electron chi connectivity index (χ4n) is 3.94. The van der Waals surface area contributed by atoms with E-state index in [4.69, 9.17) is 4.74 Å². The van der Waals surface area contributed by atoms with Gasteiger partial charge in [-0.25, -0.2) is 14.1 Å². The summed E-state index contributed by atoms with van der Waals surface area (Å²) >= 11 is 0. The van der Waals surface area contributed by atoms with Crippen LogP contribution >= 0.6 is 0 Å². The van der Waals surface area contributed by atoms with Gasteiger partial charge in [-0.15, -0.1) is 0 Å². The smallest absolute Gasteiger partial charge is 0.335 e. The third kappa shape index (κ3) is 4.08. The van der Waals surface area contributed by atoms with E-state index in [2.05, 4.69) is 5.32 Å². The fourth-order valence-corrected chi connectivity index (χ4v) is 3.94. The molecule has 166 valence electrons. The second-order valence-corrected chi connectivity index (χ2v) is 7.74. The number of carbonyl (C=O) groups is 3. The number of anilines is 2. The Labute approximate surface area is 185 Å². The summed E-state index contributed by atoms with van der Waals surface area (Å²) in [6.07, 6.45) is 3.38. The zero-order valence-corrected chi connectivity index (χ0v) is 18.0. The number of nitrogens with zero attached hydrogens (tertiary/aromatic N) is 2. The molecule has 0 bridgehead atoms. The highest BCUT2D eigenvalue weighted by atomic mass is 19.1. The molecule has 0 unspecified atom stereocenters. The zero-order valence-electron chi connectivity index (χ0n) is 18.0. The average Bonchev–Trinajstić information content (AvgIpc) is 3.29. The third-order valence-electron chi connectivity index (χ3n) is 5.59. The molecular formula is C24H24FN3O4. The van der Waals surface area contributed by atoms with Crippen molar-refractivity contribution in [2.45, 2.75) is 26.7 Å². The van der Waals surface area contributed by atoms with Crippen LogP contribution in [0.25, 0.3) is 6.08 Å². The van der Waals surface area contributed by atoms with Gasteiger partial charge in [-0.1, -0.05) is 0 Å². The first-order valence-corrected chi connectivity index (χ1v) is 10.6. The quantitative estimate of drug-likeness (QED) is 0.569. The molecule has 4 amide bonds. The van der Waals surface area contributed by atoms with Crippen molar-refractivity contribution in [3.05, 3.63) is 58.9 Å². The molecule has 32 heavy (non-hydrogen) atoms. The molecule has 0 radical (unpaired) electrons. The largest absolute Gasteiger partial charge is 0.494 e. The first-order valence-electron chi connectivity index (χ1n) is 10.6. The summed E-state index contributed by atoms with van der Waals surface area (Å²) < 4.78 is 20.2. The highest BCUT2D eigenvalue weighted by Crippen LogP contribution is 2.29. The Kier molecular flexibility index (Phi) is 5.94. The van der Waals surface area contributed by atoms with Crippen LogP contribution in [0.1, 0.15) is 30.9 Å². The van der Waals surface area contributed by atoms with Crippen molar-refractivity contribution in [3.63, 3.8) is 0 Å². The lowest BCUT2D eigenvalue weighted by Crippen LogP contribution is -2.54. The SMILES string of the molecule is CCOc1ccc(N2C(=O)NC(=O)C(=Cc3cc(F)c(N4CCCC4)cc3C)C2=O)cc1. The average molecular weight is 437 g/mol. The van der Waals surface area contributed by atoms with Crippen LogP contribution in [0, 0.1) is 12.7 Å². The normalized spacial score (nSPS) is 17.8. The van der Waals surface area contributed by atoms with Gasteiger partial charge in [-0.05, 0) is 80.3 Å².